The molecule has 0 saturated heterocycles. The van der Waals surface area contributed by atoms with Gasteiger partial charge in [-0.15, -0.1) is 0 Å². The molecule has 1 aromatic heterocycles. The monoisotopic (exact) mass is 443 g/mol. The number of rotatable bonds is 8. The predicted octanol–water partition coefficient (Wildman–Crippen LogP) is 4.41. The van der Waals surface area contributed by atoms with Gasteiger partial charge in [0.25, 0.3) is 0 Å². The van der Waals surface area contributed by atoms with Crippen molar-refractivity contribution in [3.8, 4) is 0 Å². The van der Waals surface area contributed by atoms with E-state index in [1.54, 1.807) is 6.20 Å². The summed E-state index contributed by atoms with van der Waals surface area (Å²) >= 11 is 0. The van der Waals surface area contributed by atoms with E-state index in [2.05, 4.69) is 44.9 Å². The van der Waals surface area contributed by atoms with Gasteiger partial charge in [0.05, 0.1) is 5.92 Å². The summed E-state index contributed by atoms with van der Waals surface area (Å²) in [4.78, 5) is 24.2. The van der Waals surface area contributed by atoms with E-state index in [9.17, 15) is 4.79 Å². The van der Waals surface area contributed by atoms with E-state index < -0.39 is 0 Å². The van der Waals surface area contributed by atoms with E-state index in [0.717, 1.165) is 37.1 Å². The third kappa shape index (κ3) is 6.31. The van der Waals surface area contributed by atoms with E-state index in [1.807, 2.05) is 61.5 Å². The predicted molar refractivity (Wildman–Crippen MR) is 133 cm³/mol. The van der Waals surface area contributed by atoms with Crippen LogP contribution in [0.25, 0.3) is 0 Å². The van der Waals surface area contributed by atoms with Gasteiger partial charge < -0.3 is 15.5 Å². The zero-order valence-electron chi connectivity index (χ0n) is 19.4. The highest BCUT2D eigenvalue weighted by Gasteiger charge is 2.27. The molecule has 2 N–H and O–H groups in total. The second-order valence-electron chi connectivity index (χ2n) is 8.99. The summed E-state index contributed by atoms with van der Waals surface area (Å²) in [6, 6.07) is 22.8. The first-order chi connectivity index (χ1) is 16.1. The first kappa shape index (κ1) is 22.8. The Kier molecular flexibility index (Phi) is 7.55. The molecule has 1 amide bonds. The van der Waals surface area contributed by atoms with Crippen LogP contribution in [0.1, 0.15) is 42.7 Å². The Morgan fingerprint density at radius 1 is 0.939 bits per heavy atom. The molecule has 3 aromatic rings. The Bertz CT molecular complexity index is 1020. The van der Waals surface area contributed by atoms with Crippen molar-refractivity contribution in [2.45, 2.75) is 50.1 Å². The van der Waals surface area contributed by atoms with Crippen LogP contribution < -0.4 is 15.5 Å². The molecule has 1 fully saturated rings. The normalized spacial score (nSPS) is 18.8. The van der Waals surface area contributed by atoms with Crippen LogP contribution in [0.3, 0.4) is 0 Å². The van der Waals surface area contributed by atoms with Crippen LogP contribution in [0.5, 0.6) is 0 Å². The van der Waals surface area contributed by atoms with E-state index in [0.29, 0.717) is 18.4 Å². The average Bonchev–Trinajstić information content (AvgIpc) is 2.85. The molecule has 0 radical (unpaired) electrons. The highest BCUT2D eigenvalue weighted by atomic mass is 16.1. The van der Waals surface area contributed by atoms with Gasteiger partial charge in [0, 0.05) is 32.4 Å². The van der Waals surface area contributed by atoms with Crippen LogP contribution in [-0.4, -0.2) is 42.1 Å². The molecular weight excluding hydrogens is 410 g/mol. The average molecular weight is 444 g/mol. The molecule has 0 aliphatic heterocycles. The van der Waals surface area contributed by atoms with Gasteiger partial charge in [-0.05, 0) is 49.3 Å². The molecule has 2 aromatic carbocycles. The number of nitrogens with zero attached hydrogens (tertiary/aromatic N) is 3. The van der Waals surface area contributed by atoms with E-state index >= 15 is 0 Å². The molecule has 33 heavy (non-hydrogen) atoms. The molecule has 1 saturated carbocycles. The Balaban J connectivity index is 1.34. The molecule has 172 valence electrons. The van der Waals surface area contributed by atoms with Crippen LogP contribution >= 0.6 is 0 Å². The third-order valence-corrected chi connectivity index (χ3v) is 6.31. The molecule has 0 spiro atoms. The second kappa shape index (κ2) is 10.9. The van der Waals surface area contributed by atoms with Crippen LogP contribution in [0.2, 0.25) is 0 Å². The van der Waals surface area contributed by atoms with Crippen LogP contribution in [-0.2, 0) is 11.2 Å². The lowest BCUT2D eigenvalue weighted by atomic mass is 9.88. The number of hydrogen-bond donors (Lipinski definition) is 2. The van der Waals surface area contributed by atoms with Gasteiger partial charge in [0.1, 0.15) is 5.82 Å². The van der Waals surface area contributed by atoms with Crippen molar-refractivity contribution in [1.82, 2.24) is 15.3 Å². The first-order valence-corrected chi connectivity index (χ1v) is 11.7. The minimum atomic E-state index is -0.188. The summed E-state index contributed by atoms with van der Waals surface area (Å²) in [6.45, 7) is 0. The van der Waals surface area contributed by atoms with Gasteiger partial charge in [0.15, 0.2) is 0 Å². The number of aromatic nitrogens is 2. The quantitative estimate of drug-likeness (QED) is 0.540. The topological polar surface area (TPSA) is 70.2 Å². The largest absolute Gasteiger partial charge is 0.363 e. The second-order valence-corrected chi connectivity index (χ2v) is 8.99. The fourth-order valence-corrected chi connectivity index (χ4v) is 4.43. The summed E-state index contributed by atoms with van der Waals surface area (Å²) in [5, 5.41) is 6.81. The number of hydrogen-bond acceptors (Lipinski definition) is 5. The molecule has 1 unspecified atom stereocenters. The molecule has 1 atom stereocenters. The van der Waals surface area contributed by atoms with Gasteiger partial charge in [-0.3, -0.25) is 4.79 Å². The van der Waals surface area contributed by atoms with Crippen molar-refractivity contribution in [2.75, 3.05) is 24.3 Å². The lowest BCUT2D eigenvalue weighted by Crippen LogP contribution is -2.42. The van der Waals surface area contributed by atoms with E-state index in [4.69, 9.17) is 0 Å². The fraction of sp³-hybridized carbons (Fsp3) is 0.370. The van der Waals surface area contributed by atoms with Crippen molar-refractivity contribution in [1.29, 1.82) is 0 Å². The van der Waals surface area contributed by atoms with Crippen LogP contribution in [0, 0.1) is 0 Å². The smallest absolute Gasteiger partial charge is 0.228 e. The van der Waals surface area contributed by atoms with Gasteiger partial charge >= 0.3 is 0 Å². The summed E-state index contributed by atoms with van der Waals surface area (Å²) in [6.07, 6.45) is 6.34. The standard InChI is InChI=1S/C27H33N5O/c1-32(2)25-17-18-28-27(31-25)30-23-15-13-22(14-16-23)29-26(33)24(21-11-7-4-8-12-21)19-20-9-5-3-6-10-20/h3-12,17-18,22-24H,13-16,19H2,1-2H3,(H,29,33)(H,28,30,31)/t22-,23+,24?. The van der Waals surface area contributed by atoms with E-state index in [-0.39, 0.29) is 17.9 Å². The maximum Gasteiger partial charge on any atom is 0.228 e. The third-order valence-electron chi connectivity index (χ3n) is 6.31. The van der Waals surface area contributed by atoms with Crippen LogP contribution in [0.15, 0.2) is 72.9 Å². The maximum absolute atomic E-state index is 13.3. The minimum absolute atomic E-state index is 0.114. The molecule has 6 heteroatoms. The molecule has 1 heterocycles. The summed E-state index contributed by atoms with van der Waals surface area (Å²) in [7, 11) is 3.95. The van der Waals surface area contributed by atoms with Gasteiger partial charge in [0.2, 0.25) is 11.9 Å². The molecule has 0 bridgehead atoms. The van der Waals surface area contributed by atoms with E-state index in [1.165, 1.54) is 5.56 Å². The molecule has 6 nitrogen and oxygen atoms in total. The number of benzene rings is 2. The molecule has 4 rings (SSSR count). The highest BCUT2D eigenvalue weighted by molar-refractivity contribution is 5.84. The van der Waals surface area contributed by atoms with Crippen molar-refractivity contribution < 1.29 is 4.79 Å². The summed E-state index contributed by atoms with van der Waals surface area (Å²) in [5.41, 5.74) is 2.24. The summed E-state index contributed by atoms with van der Waals surface area (Å²) < 4.78 is 0. The van der Waals surface area contributed by atoms with Crippen molar-refractivity contribution in [3.05, 3.63) is 84.1 Å². The number of carbonyl (C=O) groups excluding carboxylic acids is 1. The number of carbonyl (C=O) groups is 1. The van der Waals surface area contributed by atoms with Crippen molar-refractivity contribution in [3.63, 3.8) is 0 Å². The fourth-order valence-electron chi connectivity index (χ4n) is 4.43. The Hall–Kier alpha value is -3.41. The SMILES string of the molecule is CN(C)c1ccnc(N[C@H]2CC[C@@H](NC(=O)C(Cc3ccccc3)c3ccccc3)CC2)n1. The lowest BCUT2D eigenvalue weighted by molar-refractivity contribution is -0.123. The van der Waals surface area contributed by atoms with Gasteiger partial charge in [-0.25, -0.2) is 4.98 Å². The maximum atomic E-state index is 13.3. The molecule has 1 aliphatic rings. The number of nitrogens with one attached hydrogen (secondary N) is 2. The minimum Gasteiger partial charge on any atom is -0.363 e. The number of anilines is 2. The summed E-state index contributed by atoms with van der Waals surface area (Å²) in [5.74, 6) is 1.48. The molecule has 1 aliphatic carbocycles. The lowest BCUT2D eigenvalue weighted by Gasteiger charge is -2.31. The first-order valence-electron chi connectivity index (χ1n) is 11.7. The van der Waals surface area contributed by atoms with Crippen molar-refractivity contribution in [2.24, 2.45) is 0 Å². The Labute approximate surface area is 196 Å². The Morgan fingerprint density at radius 2 is 1.58 bits per heavy atom. The molecular formula is C27H33N5O. The van der Waals surface area contributed by atoms with Gasteiger partial charge in [-0.1, -0.05) is 60.7 Å². The highest BCUT2D eigenvalue weighted by Crippen LogP contribution is 2.25. The zero-order chi connectivity index (χ0) is 23.0. The number of amides is 1. The zero-order valence-corrected chi connectivity index (χ0v) is 19.4. The van der Waals surface area contributed by atoms with Crippen LogP contribution in [0.4, 0.5) is 11.8 Å². The van der Waals surface area contributed by atoms with Crippen molar-refractivity contribution >= 4 is 17.7 Å². The van der Waals surface area contributed by atoms with Gasteiger partial charge in [-0.2, -0.15) is 4.98 Å². The Morgan fingerprint density at radius 3 is 2.24 bits per heavy atom.